The van der Waals surface area contributed by atoms with Gasteiger partial charge in [-0.05, 0) is 54.7 Å². The summed E-state index contributed by atoms with van der Waals surface area (Å²) >= 11 is 0. The second-order valence-electron chi connectivity index (χ2n) is 8.86. The van der Waals surface area contributed by atoms with E-state index in [1.165, 1.54) is 12.1 Å². The fraction of sp³-hybridized carbons (Fsp3) is 0.233. The standard InChI is InChI=1S/C28H20F5N3O.C2H6/c1-14-19(24(31)26(33)25(32)23(14)30)13-22(37)36-28-21(11-15-5-3-2-4-6-15)34-27-18-9-8-17(29)12-16(18)7-10-20(27)35-28;1-2/h2-6,8-9,12H,7,10-11,13H2,1H3,(H,35,36,37);1-2H3. The average Bonchev–Trinajstić information content (AvgIpc) is 2.95. The van der Waals surface area contributed by atoms with Gasteiger partial charge in [-0.15, -0.1) is 0 Å². The molecule has 0 saturated carbocycles. The predicted octanol–water partition coefficient (Wildman–Crippen LogP) is 7.04. The van der Waals surface area contributed by atoms with Gasteiger partial charge in [0, 0.05) is 17.5 Å². The summed E-state index contributed by atoms with van der Waals surface area (Å²) in [4.78, 5) is 22.3. The zero-order chi connectivity index (χ0) is 28.3. The largest absolute Gasteiger partial charge is 0.309 e. The SMILES string of the molecule is CC.Cc1c(F)c(F)c(F)c(F)c1CC(=O)Nc1nc2c(nc1Cc1ccccc1)-c1ccc(F)cc1CC2. The molecule has 0 bridgehead atoms. The number of aryl methyl sites for hydroxylation is 2. The Morgan fingerprint density at radius 1 is 0.872 bits per heavy atom. The zero-order valence-corrected chi connectivity index (χ0v) is 21.6. The van der Waals surface area contributed by atoms with Gasteiger partial charge in [0.25, 0.3) is 0 Å². The number of nitrogens with zero attached hydrogens (tertiary/aromatic N) is 2. The van der Waals surface area contributed by atoms with Crippen molar-refractivity contribution < 1.29 is 26.7 Å². The average molecular weight is 540 g/mol. The Hall–Kier alpha value is -4.14. The Balaban J connectivity index is 0.00000172. The van der Waals surface area contributed by atoms with Crippen molar-refractivity contribution in [3.8, 4) is 11.3 Å². The van der Waals surface area contributed by atoms with Gasteiger partial charge in [-0.25, -0.2) is 31.9 Å². The number of halogens is 5. The Morgan fingerprint density at radius 3 is 2.28 bits per heavy atom. The molecule has 0 aliphatic heterocycles. The molecule has 1 aliphatic rings. The van der Waals surface area contributed by atoms with E-state index in [0.717, 1.165) is 23.6 Å². The van der Waals surface area contributed by atoms with Crippen LogP contribution in [0.4, 0.5) is 27.8 Å². The van der Waals surface area contributed by atoms with E-state index in [4.69, 9.17) is 4.98 Å². The molecule has 5 rings (SSSR count). The number of aromatic nitrogens is 2. The highest BCUT2D eigenvalue weighted by Crippen LogP contribution is 2.34. The molecule has 1 heterocycles. The van der Waals surface area contributed by atoms with Crippen LogP contribution in [-0.4, -0.2) is 15.9 Å². The van der Waals surface area contributed by atoms with Gasteiger partial charge in [-0.1, -0.05) is 44.2 Å². The lowest BCUT2D eigenvalue weighted by Gasteiger charge is -2.21. The lowest BCUT2D eigenvalue weighted by molar-refractivity contribution is -0.115. The van der Waals surface area contributed by atoms with Crippen molar-refractivity contribution in [2.24, 2.45) is 0 Å². The van der Waals surface area contributed by atoms with Crippen LogP contribution < -0.4 is 5.32 Å². The summed E-state index contributed by atoms with van der Waals surface area (Å²) in [7, 11) is 0. The molecular formula is C30H26F5N3O. The van der Waals surface area contributed by atoms with Gasteiger partial charge in [0.2, 0.25) is 5.91 Å². The molecule has 1 aliphatic carbocycles. The quantitative estimate of drug-likeness (QED) is 0.168. The number of rotatable bonds is 5. The number of fused-ring (bicyclic) bond motifs is 3. The summed E-state index contributed by atoms with van der Waals surface area (Å²) in [6.45, 7) is 5.07. The molecule has 0 radical (unpaired) electrons. The molecular weight excluding hydrogens is 513 g/mol. The zero-order valence-electron chi connectivity index (χ0n) is 21.6. The van der Waals surface area contributed by atoms with Crippen molar-refractivity contribution in [1.82, 2.24) is 9.97 Å². The molecule has 4 nitrogen and oxygen atoms in total. The highest BCUT2D eigenvalue weighted by atomic mass is 19.2. The minimum absolute atomic E-state index is 0.124. The van der Waals surface area contributed by atoms with E-state index in [9.17, 15) is 26.7 Å². The van der Waals surface area contributed by atoms with Crippen molar-refractivity contribution >= 4 is 11.7 Å². The van der Waals surface area contributed by atoms with E-state index in [2.05, 4.69) is 10.3 Å². The van der Waals surface area contributed by atoms with E-state index < -0.39 is 46.7 Å². The Bertz CT molecular complexity index is 1510. The van der Waals surface area contributed by atoms with Gasteiger partial charge in [-0.3, -0.25) is 4.79 Å². The van der Waals surface area contributed by atoms with Crippen LogP contribution in [0.25, 0.3) is 11.3 Å². The van der Waals surface area contributed by atoms with Crippen LogP contribution in [0.3, 0.4) is 0 Å². The highest BCUT2D eigenvalue weighted by Gasteiger charge is 2.26. The van der Waals surface area contributed by atoms with E-state index in [1.54, 1.807) is 6.07 Å². The molecule has 0 fully saturated rings. The maximum absolute atomic E-state index is 14.3. The van der Waals surface area contributed by atoms with Gasteiger partial charge < -0.3 is 5.32 Å². The van der Waals surface area contributed by atoms with Crippen LogP contribution in [-0.2, 0) is 30.5 Å². The molecule has 1 amide bonds. The number of benzene rings is 3. The number of amides is 1. The number of carbonyl (C=O) groups is 1. The van der Waals surface area contributed by atoms with E-state index in [-0.39, 0.29) is 11.6 Å². The number of hydrogen-bond acceptors (Lipinski definition) is 3. The Kier molecular flexibility index (Phi) is 8.38. The number of nitrogens with one attached hydrogen (secondary N) is 1. The van der Waals surface area contributed by atoms with Crippen LogP contribution in [0.5, 0.6) is 0 Å². The molecule has 1 aromatic heterocycles. The summed E-state index contributed by atoms with van der Waals surface area (Å²) in [5.41, 5.74) is 2.93. The first-order chi connectivity index (χ1) is 18.7. The van der Waals surface area contributed by atoms with E-state index in [1.807, 2.05) is 44.2 Å². The minimum atomic E-state index is -1.97. The Labute approximate surface area is 223 Å². The Morgan fingerprint density at radius 2 is 1.56 bits per heavy atom. The van der Waals surface area contributed by atoms with Crippen LogP contribution in [0, 0.1) is 36.0 Å². The second kappa shape index (κ2) is 11.7. The van der Waals surface area contributed by atoms with Gasteiger partial charge in [0.05, 0.1) is 23.5 Å². The van der Waals surface area contributed by atoms with Gasteiger partial charge in [0.1, 0.15) is 5.82 Å². The van der Waals surface area contributed by atoms with Gasteiger partial charge in [-0.2, -0.15) is 0 Å². The molecule has 39 heavy (non-hydrogen) atoms. The molecule has 4 aromatic rings. The van der Waals surface area contributed by atoms with Crippen molar-refractivity contribution in [2.75, 3.05) is 5.32 Å². The molecule has 0 spiro atoms. The molecule has 0 saturated heterocycles. The van der Waals surface area contributed by atoms with Crippen molar-refractivity contribution in [1.29, 1.82) is 0 Å². The van der Waals surface area contributed by atoms with Crippen molar-refractivity contribution in [3.05, 3.63) is 111 Å². The number of carbonyl (C=O) groups excluding carboxylic acids is 1. The summed E-state index contributed by atoms with van der Waals surface area (Å²) < 4.78 is 69.4. The van der Waals surface area contributed by atoms with Crippen LogP contribution in [0.1, 0.15) is 47.5 Å². The molecule has 9 heteroatoms. The summed E-state index contributed by atoms with van der Waals surface area (Å²) in [5.74, 6) is -8.08. The molecule has 3 aromatic carbocycles. The summed E-state index contributed by atoms with van der Waals surface area (Å²) in [6.07, 6.45) is 0.534. The molecule has 202 valence electrons. The summed E-state index contributed by atoms with van der Waals surface area (Å²) in [5, 5.41) is 2.59. The van der Waals surface area contributed by atoms with Crippen LogP contribution in [0.2, 0.25) is 0 Å². The maximum atomic E-state index is 14.3. The lowest BCUT2D eigenvalue weighted by Crippen LogP contribution is -2.21. The minimum Gasteiger partial charge on any atom is -0.309 e. The fourth-order valence-corrected chi connectivity index (χ4v) is 4.49. The number of anilines is 1. The summed E-state index contributed by atoms with van der Waals surface area (Å²) in [6, 6.07) is 13.8. The molecule has 1 N–H and O–H groups in total. The maximum Gasteiger partial charge on any atom is 0.230 e. The van der Waals surface area contributed by atoms with Gasteiger partial charge >= 0.3 is 0 Å². The first kappa shape index (κ1) is 27.9. The third-order valence-electron chi connectivity index (χ3n) is 6.43. The first-order valence-corrected chi connectivity index (χ1v) is 12.6. The molecule has 0 atom stereocenters. The normalized spacial score (nSPS) is 11.7. The first-order valence-electron chi connectivity index (χ1n) is 12.6. The fourth-order valence-electron chi connectivity index (χ4n) is 4.49. The molecule has 0 unspecified atom stereocenters. The van der Waals surface area contributed by atoms with Crippen molar-refractivity contribution in [2.45, 2.75) is 46.5 Å². The highest BCUT2D eigenvalue weighted by molar-refractivity contribution is 5.92. The number of hydrogen-bond donors (Lipinski definition) is 1. The van der Waals surface area contributed by atoms with Gasteiger partial charge in [0.15, 0.2) is 29.1 Å². The third kappa shape index (κ3) is 5.67. The smallest absolute Gasteiger partial charge is 0.230 e. The second-order valence-corrected chi connectivity index (χ2v) is 8.86. The van der Waals surface area contributed by atoms with Crippen LogP contribution in [0.15, 0.2) is 48.5 Å². The third-order valence-corrected chi connectivity index (χ3v) is 6.43. The van der Waals surface area contributed by atoms with E-state index >= 15 is 0 Å². The van der Waals surface area contributed by atoms with Crippen molar-refractivity contribution in [3.63, 3.8) is 0 Å². The predicted molar refractivity (Wildman–Crippen MR) is 139 cm³/mol. The van der Waals surface area contributed by atoms with E-state index in [0.29, 0.717) is 36.3 Å². The van der Waals surface area contributed by atoms with Crippen LogP contribution >= 0.6 is 0 Å². The monoisotopic (exact) mass is 539 g/mol. The topological polar surface area (TPSA) is 54.9 Å². The lowest BCUT2D eigenvalue weighted by atomic mass is 9.91.